The Hall–Kier alpha value is -2.83. The number of phenols is 1. The molecule has 0 radical (unpaired) electrons. The summed E-state index contributed by atoms with van der Waals surface area (Å²) in [5.41, 5.74) is 11.8. The van der Waals surface area contributed by atoms with Crippen LogP contribution in [0.3, 0.4) is 0 Å². The van der Waals surface area contributed by atoms with Gasteiger partial charge in [-0.2, -0.15) is 11.8 Å². The van der Waals surface area contributed by atoms with Gasteiger partial charge in [0.15, 0.2) is 0 Å². The third-order valence-electron chi connectivity index (χ3n) is 5.23. The van der Waals surface area contributed by atoms with Gasteiger partial charge < -0.3 is 37.6 Å². The van der Waals surface area contributed by atoms with Crippen LogP contribution in [0.15, 0.2) is 24.3 Å². The lowest BCUT2D eigenvalue weighted by Gasteiger charge is -2.25. The maximum atomic E-state index is 13.1. The van der Waals surface area contributed by atoms with Gasteiger partial charge in [0.25, 0.3) is 0 Å². The Balaban J connectivity index is 3.10. The molecule has 196 valence electrons. The number of nitrogens with two attached hydrogens (primary N) is 2. The molecule has 0 aliphatic carbocycles. The number of amides is 3. The van der Waals surface area contributed by atoms with Crippen molar-refractivity contribution in [3.05, 3.63) is 29.8 Å². The van der Waals surface area contributed by atoms with E-state index in [1.54, 1.807) is 12.1 Å². The fourth-order valence-electron chi connectivity index (χ4n) is 3.18. The molecule has 0 saturated heterocycles. The number of thioether (sulfide) groups is 1. The van der Waals surface area contributed by atoms with E-state index in [9.17, 15) is 29.4 Å². The molecule has 4 unspecified atom stereocenters. The van der Waals surface area contributed by atoms with Crippen LogP contribution in [0.2, 0.25) is 0 Å². The SMILES string of the molecule is CSCCC(NC(=O)C(Cc1ccc(O)cc1)NC(=O)C(CCCCN)NC(=O)C(C)N)C(=O)O. The van der Waals surface area contributed by atoms with Crippen molar-refractivity contribution in [1.29, 1.82) is 0 Å². The number of nitrogens with one attached hydrogen (secondary N) is 3. The van der Waals surface area contributed by atoms with Crippen LogP contribution in [0.5, 0.6) is 5.75 Å². The van der Waals surface area contributed by atoms with Gasteiger partial charge >= 0.3 is 5.97 Å². The smallest absolute Gasteiger partial charge is 0.326 e. The first kappa shape index (κ1) is 30.2. The Morgan fingerprint density at radius 1 is 0.914 bits per heavy atom. The van der Waals surface area contributed by atoms with Gasteiger partial charge in [-0.3, -0.25) is 14.4 Å². The normalized spacial score (nSPS) is 14.3. The number of hydrogen-bond acceptors (Lipinski definition) is 8. The molecule has 11 nitrogen and oxygen atoms in total. The number of carbonyl (C=O) groups is 4. The van der Waals surface area contributed by atoms with Crippen LogP contribution >= 0.6 is 11.8 Å². The van der Waals surface area contributed by atoms with Gasteiger partial charge in [0.2, 0.25) is 17.7 Å². The summed E-state index contributed by atoms with van der Waals surface area (Å²) >= 11 is 1.45. The zero-order chi connectivity index (χ0) is 26.4. The molecule has 4 atom stereocenters. The lowest BCUT2D eigenvalue weighted by molar-refractivity contribution is -0.142. The number of rotatable bonds is 16. The molecule has 1 aromatic carbocycles. The molecule has 9 N–H and O–H groups in total. The molecule has 0 aliphatic rings. The standard InChI is InChI=1S/C23H37N5O6S/c1-14(25)20(30)26-17(5-3-4-11-24)21(31)28-19(13-15-6-8-16(29)9-7-15)22(32)27-18(23(33)34)10-12-35-2/h6-9,14,17-19,29H,3-5,10-13,24-25H2,1-2H3,(H,26,30)(H,27,32)(H,28,31)(H,33,34). The third-order valence-corrected chi connectivity index (χ3v) is 5.87. The van der Waals surface area contributed by atoms with E-state index in [4.69, 9.17) is 11.5 Å². The summed E-state index contributed by atoms with van der Waals surface area (Å²) in [5, 5.41) is 26.8. The van der Waals surface area contributed by atoms with E-state index in [1.807, 2.05) is 6.26 Å². The highest BCUT2D eigenvalue weighted by atomic mass is 32.2. The molecule has 0 saturated carbocycles. The lowest BCUT2D eigenvalue weighted by atomic mass is 10.0. The van der Waals surface area contributed by atoms with Gasteiger partial charge in [0, 0.05) is 6.42 Å². The summed E-state index contributed by atoms with van der Waals surface area (Å²) in [6, 6.07) is 2.08. The molecule has 1 aromatic rings. The summed E-state index contributed by atoms with van der Waals surface area (Å²) < 4.78 is 0. The molecule has 0 fully saturated rings. The molecule has 3 amide bonds. The molecule has 1 rings (SSSR count). The van der Waals surface area contributed by atoms with Gasteiger partial charge in [-0.05, 0) is 68.9 Å². The highest BCUT2D eigenvalue weighted by molar-refractivity contribution is 7.98. The van der Waals surface area contributed by atoms with Gasteiger partial charge in [-0.1, -0.05) is 12.1 Å². The number of unbranched alkanes of at least 4 members (excludes halogenated alkanes) is 1. The second kappa shape index (κ2) is 16.0. The van der Waals surface area contributed by atoms with Gasteiger partial charge in [0.1, 0.15) is 23.9 Å². The number of carboxylic acids is 1. The highest BCUT2D eigenvalue weighted by Gasteiger charge is 2.30. The minimum Gasteiger partial charge on any atom is -0.508 e. The van der Waals surface area contributed by atoms with Gasteiger partial charge in [-0.25, -0.2) is 4.79 Å². The van der Waals surface area contributed by atoms with Gasteiger partial charge in [-0.15, -0.1) is 0 Å². The third kappa shape index (κ3) is 11.4. The zero-order valence-electron chi connectivity index (χ0n) is 20.2. The van der Waals surface area contributed by atoms with Crippen LogP contribution in [0.25, 0.3) is 0 Å². The van der Waals surface area contributed by atoms with Crippen molar-refractivity contribution in [2.75, 3.05) is 18.6 Å². The minimum atomic E-state index is -1.18. The fourth-order valence-corrected chi connectivity index (χ4v) is 3.65. The number of benzene rings is 1. The Labute approximate surface area is 209 Å². The highest BCUT2D eigenvalue weighted by Crippen LogP contribution is 2.12. The van der Waals surface area contributed by atoms with Crippen molar-refractivity contribution in [3.63, 3.8) is 0 Å². The summed E-state index contributed by atoms with van der Waals surface area (Å²) in [7, 11) is 0. The van der Waals surface area contributed by atoms with Crippen molar-refractivity contribution >= 4 is 35.5 Å². The van der Waals surface area contributed by atoms with E-state index in [0.29, 0.717) is 37.1 Å². The molecule has 0 spiro atoms. The van der Waals surface area contributed by atoms with Crippen LogP contribution in [0.4, 0.5) is 0 Å². The van der Waals surface area contributed by atoms with E-state index >= 15 is 0 Å². The quantitative estimate of drug-likeness (QED) is 0.146. The Morgan fingerprint density at radius 2 is 1.49 bits per heavy atom. The molecule has 12 heteroatoms. The number of carbonyl (C=O) groups excluding carboxylic acids is 3. The molecule has 35 heavy (non-hydrogen) atoms. The van der Waals surface area contributed by atoms with Gasteiger partial charge in [0.05, 0.1) is 6.04 Å². The van der Waals surface area contributed by atoms with E-state index in [-0.39, 0.29) is 18.6 Å². The zero-order valence-corrected chi connectivity index (χ0v) is 21.0. The predicted octanol–water partition coefficient (Wildman–Crippen LogP) is -0.297. The number of carboxylic acid groups (broad SMARTS) is 1. The van der Waals surface area contributed by atoms with E-state index in [2.05, 4.69) is 16.0 Å². The average Bonchev–Trinajstić information content (AvgIpc) is 2.81. The summed E-state index contributed by atoms with van der Waals surface area (Å²) in [4.78, 5) is 49.9. The van der Waals surface area contributed by atoms with Crippen LogP contribution < -0.4 is 27.4 Å². The largest absolute Gasteiger partial charge is 0.508 e. The number of phenolic OH excluding ortho intramolecular Hbond substituents is 1. The molecule has 0 bridgehead atoms. The minimum absolute atomic E-state index is 0.0420. The van der Waals surface area contributed by atoms with Crippen LogP contribution in [-0.4, -0.2) is 76.6 Å². The summed E-state index contributed by atoms with van der Waals surface area (Å²) in [6.07, 6.45) is 3.59. The Kier molecular flexibility index (Phi) is 13.8. The monoisotopic (exact) mass is 511 g/mol. The van der Waals surface area contributed by atoms with Crippen molar-refractivity contribution in [2.45, 2.75) is 63.2 Å². The van der Waals surface area contributed by atoms with Crippen molar-refractivity contribution in [1.82, 2.24) is 16.0 Å². The number of aliphatic carboxylic acids is 1. The summed E-state index contributed by atoms with van der Waals surface area (Å²) in [6.45, 7) is 1.92. The summed E-state index contributed by atoms with van der Waals surface area (Å²) in [5.74, 6) is -2.38. The van der Waals surface area contributed by atoms with Crippen LogP contribution in [0, 0.1) is 0 Å². The molecule has 0 aliphatic heterocycles. The predicted molar refractivity (Wildman–Crippen MR) is 135 cm³/mol. The first-order chi connectivity index (χ1) is 16.6. The van der Waals surface area contributed by atoms with Crippen molar-refractivity contribution < 1.29 is 29.4 Å². The van der Waals surface area contributed by atoms with E-state index < -0.39 is 47.9 Å². The van der Waals surface area contributed by atoms with Crippen LogP contribution in [0.1, 0.15) is 38.2 Å². The molecular weight excluding hydrogens is 474 g/mol. The lowest BCUT2D eigenvalue weighted by Crippen LogP contribution is -2.57. The molecular formula is C23H37N5O6S. The Bertz CT molecular complexity index is 836. The van der Waals surface area contributed by atoms with E-state index in [0.717, 1.165) is 0 Å². The second-order valence-corrected chi connectivity index (χ2v) is 9.23. The van der Waals surface area contributed by atoms with E-state index in [1.165, 1.54) is 30.8 Å². The first-order valence-corrected chi connectivity index (χ1v) is 12.8. The maximum absolute atomic E-state index is 13.1. The number of aromatic hydroxyl groups is 1. The van der Waals surface area contributed by atoms with Crippen molar-refractivity contribution in [2.24, 2.45) is 11.5 Å². The average molecular weight is 512 g/mol. The fraction of sp³-hybridized carbons (Fsp3) is 0.565. The topological polar surface area (TPSA) is 197 Å². The van der Waals surface area contributed by atoms with Crippen LogP contribution in [-0.2, 0) is 25.6 Å². The number of hydrogen-bond donors (Lipinski definition) is 7. The first-order valence-electron chi connectivity index (χ1n) is 11.4. The Morgan fingerprint density at radius 3 is 2.03 bits per heavy atom. The molecule has 0 aromatic heterocycles. The molecule has 0 heterocycles. The maximum Gasteiger partial charge on any atom is 0.326 e. The second-order valence-electron chi connectivity index (χ2n) is 8.25. The van der Waals surface area contributed by atoms with Crippen molar-refractivity contribution in [3.8, 4) is 5.75 Å².